The van der Waals surface area contributed by atoms with Gasteiger partial charge >= 0.3 is 5.97 Å². The van der Waals surface area contributed by atoms with E-state index in [0.29, 0.717) is 5.76 Å². The molecule has 0 aromatic carbocycles. The molecule has 0 saturated heterocycles. The van der Waals surface area contributed by atoms with Crippen LogP contribution in [-0.4, -0.2) is 46.5 Å². The second-order valence-corrected chi connectivity index (χ2v) is 4.98. The van der Waals surface area contributed by atoms with E-state index < -0.39 is 29.6 Å². The van der Waals surface area contributed by atoms with Crippen LogP contribution in [0, 0.1) is 18.8 Å². The molecule has 1 aromatic heterocycles. The van der Waals surface area contributed by atoms with E-state index in [1.807, 2.05) is 0 Å². The minimum atomic E-state index is -1.05. The summed E-state index contributed by atoms with van der Waals surface area (Å²) >= 11 is 0. The van der Waals surface area contributed by atoms with Gasteiger partial charge in [0.05, 0.1) is 12.5 Å². The van der Waals surface area contributed by atoms with E-state index in [1.54, 1.807) is 13.0 Å². The number of hydrogen-bond acceptors (Lipinski definition) is 5. The molecule has 1 aromatic rings. The maximum atomic E-state index is 12.0. The average Bonchev–Trinajstić information content (AvgIpc) is 2.80. The van der Waals surface area contributed by atoms with E-state index >= 15 is 0 Å². The molecule has 0 fully saturated rings. The zero-order valence-electron chi connectivity index (χ0n) is 12.4. The second kappa shape index (κ2) is 6.87. The molecule has 1 heterocycles. The predicted octanol–water partition coefficient (Wildman–Crippen LogP) is 0.737. The molecule has 0 aliphatic rings. The summed E-state index contributed by atoms with van der Waals surface area (Å²) in [5, 5.41) is 15.0. The SMILES string of the molecule is Cc1cc(NC(=O)CN(C)C(=O)C(C)C(C)C(=O)O)no1. The van der Waals surface area contributed by atoms with Crippen LogP contribution in [0.15, 0.2) is 10.6 Å². The summed E-state index contributed by atoms with van der Waals surface area (Å²) in [6, 6.07) is 1.55. The van der Waals surface area contributed by atoms with Gasteiger partial charge in [-0.05, 0) is 6.92 Å². The number of carboxylic acids is 1. The second-order valence-electron chi connectivity index (χ2n) is 4.98. The van der Waals surface area contributed by atoms with Crippen molar-refractivity contribution in [2.24, 2.45) is 11.8 Å². The molecule has 2 N–H and O–H groups in total. The number of likely N-dealkylation sites (N-methyl/N-ethyl adjacent to an activating group) is 1. The maximum absolute atomic E-state index is 12.0. The first-order chi connectivity index (χ1) is 9.72. The summed E-state index contributed by atoms with van der Waals surface area (Å²) in [7, 11) is 1.45. The number of carboxylic acid groups (broad SMARTS) is 1. The van der Waals surface area contributed by atoms with Crippen LogP contribution in [0.25, 0.3) is 0 Å². The Labute approximate surface area is 122 Å². The van der Waals surface area contributed by atoms with Crippen LogP contribution in [0.3, 0.4) is 0 Å². The highest BCUT2D eigenvalue weighted by Crippen LogP contribution is 2.14. The Morgan fingerprint density at radius 3 is 2.48 bits per heavy atom. The molecule has 0 bridgehead atoms. The molecule has 0 spiro atoms. The quantitative estimate of drug-likeness (QED) is 0.800. The first-order valence-corrected chi connectivity index (χ1v) is 6.43. The Kier molecular flexibility index (Phi) is 5.45. The summed E-state index contributed by atoms with van der Waals surface area (Å²) in [6.07, 6.45) is 0. The number of rotatable bonds is 6. The van der Waals surface area contributed by atoms with Crippen molar-refractivity contribution in [2.45, 2.75) is 20.8 Å². The average molecular weight is 297 g/mol. The number of carbonyl (C=O) groups is 3. The van der Waals surface area contributed by atoms with Gasteiger partial charge in [0.25, 0.3) is 0 Å². The molecular formula is C13H19N3O5. The number of carbonyl (C=O) groups excluding carboxylic acids is 2. The standard InChI is InChI=1S/C13H19N3O5/c1-7-5-10(15-21-7)14-11(17)6-16(4)12(18)8(2)9(3)13(19)20/h5,8-9H,6H2,1-4H3,(H,19,20)(H,14,15,17). The van der Waals surface area contributed by atoms with Gasteiger partial charge in [-0.15, -0.1) is 0 Å². The van der Waals surface area contributed by atoms with Crippen LogP contribution < -0.4 is 5.32 Å². The van der Waals surface area contributed by atoms with Crippen LogP contribution in [0.5, 0.6) is 0 Å². The Balaban J connectivity index is 2.55. The number of aliphatic carboxylic acids is 1. The molecule has 2 atom stereocenters. The first kappa shape index (κ1) is 16.7. The Hall–Kier alpha value is -2.38. The fourth-order valence-corrected chi connectivity index (χ4v) is 1.68. The zero-order chi connectivity index (χ0) is 16.2. The lowest BCUT2D eigenvalue weighted by atomic mass is 9.95. The van der Waals surface area contributed by atoms with Gasteiger partial charge in [0, 0.05) is 19.0 Å². The summed E-state index contributed by atoms with van der Waals surface area (Å²) in [6.45, 7) is 4.47. The molecule has 0 aliphatic heterocycles. The summed E-state index contributed by atoms with van der Waals surface area (Å²) in [5.41, 5.74) is 0. The van der Waals surface area contributed by atoms with Crippen molar-refractivity contribution >= 4 is 23.6 Å². The van der Waals surface area contributed by atoms with Crippen LogP contribution in [0.4, 0.5) is 5.82 Å². The third kappa shape index (κ3) is 4.59. The van der Waals surface area contributed by atoms with E-state index in [1.165, 1.54) is 25.8 Å². The zero-order valence-corrected chi connectivity index (χ0v) is 12.4. The van der Waals surface area contributed by atoms with E-state index in [2.05, 4.69) is 10.5 Å². The molecule has 116 valence electrons. The van der Waals surface area contributed by atoms with Crippen LogP contribution >= 0.6 is 0 Å². The largest absolute Gasteiger partial charge is 0.481 e. The topological polar surface area (TPSA) is 113 Å². The monoisotopic (exact) mass is 297 g/mol. The van der Waals surface area contributed by atoms with Crippen molar-refractivity contribution in [2.75, 3.05) is 18.9 Å². The van der Waals surface area contributed by atoms with E-state index in [-0.39, 0.29) is 12.4 Å². The Morgan fingerprint density at radius 1 is 1.38 bits per heavy atom. The normalized spacial score (nSPS) is 13.3. The fourth-order valence-electron chi connectivity index (χ4n) is 1.68. The van der Waals surface area contributed by atoms with Gasteiger partial charge in [-0.25, -0.2) is 0 Å². The summed E-state index contributed by atoms with van der Waals surface area (Å²) in [4.78, 5) is 35.8. The van der Waals surface area contributed by atoms with E-state index in [0.717, 1.165) is 0 Å². The summed E-state index contributed by atoms with van der Waals surface area (Å²) in [5.74, 6) is -2.60. The van der Waals surface area contributed by atoms with Crippen LogP contribution in [0.1, 0.15) is 19.6 Å². The van der Waals surface area contributed by atoms with E-state index in [4.69, 9.17) is 9.63 Å². The first-order valence-electron chi connectivity index (χ1n) is 6.43. The molecule has 8 heteroatoms. The fraction of sp³-hybridized carbons (Fsp3) is 0.538. The van der Waals surface area contributed by atoms with Crippen molar-refractivity contribution in [1.29, 1.82) is 0 Å². The van der Waals surface area contributed by atoms with E-state index in [9.17, 15) is 14.4 Å². The van der Waals surface area contributed by atoms with Gasteiger partial charge in [-0.1, -0.05) is 19.0 Å². The van der Waals surface area contributed by atoms with Gasteiger partial charge in [-0.3, -0.25) is 14.4 Å². The lowest BCUT2D eigenvalue weighted by Gasteiger charge is -2.22. The highest BCUT2D eigenvalue weighted by atomic mass is 16.5. The number of aromatic nitrogens is 1. The third-order valence-electron chi connectivity index (χ3n) is 3.18. The van der Waals surface area contributed by atoms with Gasteiger partial charge < -0.3 is 19.8 Å². The van der Waals surface area contributed by atoms with Crippen molar-refractivity contribution in [3.8, 4) is 0 Å². The molecular weight excluding hydrogens is 278 g/mol. The Morgan fingerprint density at radius 2 is 2.00 bits per heavy atom. The van der Waals surface area contributed by atoms with Crippen molar-refractivity contribution in [3.63, 3.8) is 0 Å². The van der Waals surface area contributed by atoms with Crippen LogP contribution in [-0.2, 0) is 14.4 Å². The third-order valence-corrected chi connectivity index (χ3v) is 3.18. The molecule has 1 rings (SSSR count). The Bertz CT molecular complexity index is 540. The van der Waals surface area contributed by atoms with Crippen LogP contribution in [0.2, 0.25) is 0 Å². The molecule has 2 amide bonds. The number of hydrogen-bond donors (Lipinski definition) is 2. The number of anilines is 1. The maximum Gasteiger partial charge on any atom is 0.307 e. The van der Waals surface area contributed by atoms with Gasteiger partial charge in [0.15, 0.2) is 5.82 Å². The predicted molar refractivity (Wildman–Crippen MR) is 73.5 cm³/mol. The van der Waals surface area contributed by atoms with Crippen molar-refractivity contribution < 1.29 is 24.0 Å². The lowest BCUT2D eigenvalue weighted by Crippen LogP contribution is -2.40. The number of aryl methyl sites for hydroxylation is 1. The smallest absolute Gasteiger partial charge is 0.307 e. The number of nitrogens with zero attached hydrogens (tertiary/aromatic N) is 2. The molecule has 8 nitrogen and oxygen atoms in total. The highest BCUT2D eigenvalue weighted by Gasteiger charge is 2.28. The molecule has 0 radical (unpaired) electrons. The minimum absolute atomic E-state index is 0.193. The number of nitrogens with one attached hydrogen (secondary N) is 1. The molecule has 0 aliphatic carbocycles. The molecule has 0 saturated carbocycles. The van der Waals surface area contributed by atoms with Gasteiger partial charge in [-0.2, -0.15) is 0 Å². The van der Waals surface area contributed by atoms with Crippen molar-refractivity contribution in [3.05, 3.63) is 11.8 Å². The molecule has 2 unspecified atom stereocenters. The van der Waals surface area contributed by atoms with Crippen molar-refractivity contribution in [1.82, 2.24) is 10.1 Å². The summed E-state index contributed by atoms with van der Waals surface area (Å²) < 4.78 is 4.80. The highest BCUT2D eigenvalue weighted by molar-refractivity contribution is 5.94. The van der Waals surface area contributed by atoms with Gasteiger partial charge in [0.1, 0.15) is 5.76 Å². The molecule has 21 heavy (non-hydrogen) atoms. The van der Waals surface area contributed by atoms with Gasteiger partial charge in [0.2, 0.25) is 11.8 Å². The minimum Gasteiger partial charge on any atom is -0.481 e. The lowest BCUT2D eigenvalue weighted by molar-refractivity contribution is -0.148. The number of amides is 2.